The summed E-state index contributed by atoms with van der Waals surface area (Å²) in [5.41, 5.74) is 0. The summed E-state index contributed by atoms with van der Waals surface area (Å²) >= 11 is 0. The van der Waals surface area contributed by atoms with Gasteiger partial charge in [0.15, 0.2) is 0 Å². The summed E-state index contributed by atoms with van der Waals surface area (Å²) in [7, 11) is 0. The van der Waals surface area contributed by atoms with Crippen LogP contribution in [0.2, 0.25) is 0 Å². The zero-order valence-corrected chi connectivity index (χ0v) is 10.9. The van der Waals surface area contributed by atoms with Crippen LogP contribution in [0, 0.1) is 0 Å². The molecular formula is C12H21N5O. The molecule has 1 unspecified atom stereocenters. The molecule has 2 heterocycles. The highest BCUT2D eigenvalue weighted by Crippen LogP contribution is 2.12. The van der Waals surface area contributed by atoms with E-state index in [1.807, 2.05) is 0 Å². The van der Waals surface area contributed by atoms with Crippen molar-refractivity contribution in [2.45, 2.75) is 38.7 Å². The van der Waals surface area contributed by atoms with Gasteiger partial charge in [0.05, 0.1) is 12.3 Å². The zero-order chi connectivity index (χ0) is 12.6. The molecule has 0 aromatic carbocycles. The molecule has 2 N–H and O–H groups in total. The number of hydrogen-bond acceptors (Lipinski definition) is 6. The Labute approximate surface area is 108 Å². The molecule has 1 aromatic heterocycles. The number of ether oxygens (including phenoxy) is 1. The van der Waals surface area contributed by atoms with E-state index in [9.17, 15) is 0 Å². The standard InChI is InChI=1S/C12H21N5O/c1-2-3-6-13-11-9-15-17-12(16-11)14-8-10-5-4-7-18-10/h9-10H,2-8H2,1H3,(H2,13,14,16,17). The molecule has 1 saturated heterocycles. The molecule has 18 heavy (non-hydrogen) atoms. The van der Waals surface area contributed by atoms with Gasteiger partial charge < -0.3 is 15.4 Å². The maximum atomic E-state index is 5.53. The first kappa shape index (κ1) is 13.0. The van der Waals surface area contributed by atoms with Crippen molar-refractivity contribution in [3.8, 4) is 0 Å². The second-order valence-corrected chi connectivity index (χ2v) is 4.46. The first-order chi connectivity index (χ1) is 8.88. The van der Waals surface area contributed by atoms with Gasteiger partial charge in [0.1, 0.15) is 5.82 Å². The summed E-state index contributed by atoms with van der Waals surface area (Å²) in [5, 5.41) is 14.3. The molecule has 100 valence electrons. The maximum Gasteiger partial charge on any atom is 0.244 e. The molecular weight excluding hydrogens is 230 g/mol. The van der Waals surface area contributed by atoms with Gasteiger partial charge >= 0.3 is 0 Å². The third-order valence-electron chi connectivity index (χ3n) is 2.91. The van der Waals surface area contributed by atoms with Crippen molar-refractivity contribution in [1.29, 1.82) is 0 Å². The monoisotopic (exact) mass is 251 g/mol. The van der Waals surface area contributed by atoms with E-state index >= 15 is 0 Å². The van der Waals surface area contributed by atoms with Crippen LogP contribution in [0.5, 0.6) is 0 Å². The minimum Gasteiger partial charge on any atom is -0.376 e. The summed E-state index contributed by atoms with van der Waals surface area (Å²) in [6, 6.07) is 0. The molecule has 0 aliphatic carbocycles. The molecule has 6 nitrogen and oxygen atoms in total. The van der Waals surface area contributed by atoms with Crippen LogP contribution in [-0.4, -0.2) is 41.0 Å². The van der Waals surface area contributed by atoms with Crippen LogP contribution in [0.1, 0.15) is 32.6 Å². The third-order valence-corrected chi connectivity index (χ3v) is 2.91. The number of nitrogens with zero attached hydrogens (tertiary/aromatic N) is 3. The zero-order valence-electron chi connectivity index (χ0n) is 10.9. The normalized spacial score (nSPS) is 18.8. The van der Waals surface area contributed by atoms with E-state index in [4.69, 9.17) is 4.74 Å². The van der Waals surface area contributed by atoms with Gasteiger partial charge in [-0.25, -0.2) is 0 Å². The highest BCUT2D eigenvalue weighted by Gasteiger charge is 2.15. The molecule has 0 radical (unpaired) electrons. The molecule has 1 aromatic rings. The van der Waals surface area contributed by atoms with Crippen LogP contribution in [0.4, 0.5) is 11.8 Å². The van der Waals surface area contributed by atoms with E-state index in [0.29, 0.717) is 5.95 Å². The Morgan fingerprint density at radius 1 is 1.44 bits per heavy atom. The largest absolute Gasteiger partial charge is 0.376 e. The van der Waals surface area contributed by atoms with Crippen molar-refractivity contribution < 1.29 is 4.74 Å². The topological polar surface area (TPSA) is 72.0 Å². The second kappa shape index (κ2) is 7.10. The average molecular weight is 251 g/mol. The van der Waals surface area contributed by atoms with Gasteiger partial charge in [-0.2, -0.15) is 10.1 Å². The van der Waals surface area contributed by atoms with E-state index in [1.165, 1.54) is 0 Å². The lowest BCUT2D eigenvalue weighted by Gasteiger charge is -2.11. The van der Waals surface area contributed by atoms with Crippen LogP contribution in [-0.2, 0) is 4.74 Å². The van der Waals surface area contributed by atoms with Crippen LogP contribution < -0.4 is 10.6 Å². The van der Waals surface area contributed by atoms with Crippen LogP contribution in [0.3, 0.4) is 0 Å². The first-order valence-corrected chi connectivity index (χ1v) is 6.67. The lowest BCUT2D eigenvalue weighted by atomic mass is 10.2. The van der Waals surface area contributed by atoms with Crippen molar-refractivity contribution in [3.63, 3.8) is 0 Å². The van der Waals surface area contributed by atoms with Crippen molar-refractivity contribution in [2.75, 3.05) is 30.3 Å². The summed E-state index contributed by atoms with van der Waals surface area (Å²) in [6.07, 6.45) is 6.47. The lowest BCUT2D eigenvalue weighted by molar-refractivity contribution is 0.120. The van der Waals surface area contributed by atoms with Gasteiger partial charge in [-0.1, -0.05) is 13.3 Å². The van der Waals surface area contributed by atoms with E-state index in [2.05, 4.69) is 32.7 Å². The number of anilines is 2. The summed E-state index contributed by atoms with van der Waals surface area (Å²) in [6.45, 7) is 4.69. The predicted molar refractivity (Wildman–Crippen MR) is 70.7 cm³/mol. The number of unbranched alkanes of at least 4 members (excludes halogenated alkanes) is 1. The molecule has 0 spiro atoms. The molecule has 0 bridgehead atoms. The minimum atomic E-state index is 0.283. The highest BCUT2D eigenvalue weighted by atomic mass is 16.5. The van der Waals surface area contributed by atoms with Crippen molar-refractivity contribution >= 4 is 11.8 Å². The van der Waals surface area contributed by atoms with Crippen LogP contribution in [0.15, 0.2) is 6.20 Å². The van der Waals surface area contributed by atoms with Crippen LogP contribution in [0.25, 0.3) is 0 Å². The number of aromatic nitrogens is 3. The van der Waals surface area contributed by atoms with Gasteiger partial charge in [-0.15, -0.1) is 5.10 Å². The molecule has 1 atom stereocenters. The van der Waals surface area contributed by atoms with E-state index in [-0.39, 0.29) is 6.10 Å². The van der Waals surface area contributed by atoms with Gasteiger partial charge in [0.25, 0.3) is 0 Å². The van der Waals surface area contributed by atoms with E-state index < -0.39 is 0 Å². The predicted octanol–water partition coefficient (Wildman–Crippen LogP) is 1.67. The number of hydrogen-bond donors (Lipinski definition) is 2. The average Bonchev–Trinajstić information content (AvgIpc) is 2.90. The van der Waals surface area contributed by atoms with Gasteiger partial charge in [-0.05, 0) is 19.3 Å². The molecule has 0 saturated carbocycles. The Morgan fingerprint density at radius 3 is 3.17 bits per heavy atom. The minimum absolute atomic E-state index is 0.283. The van der Waals surface area contributed by atoms with Gasteiger partial charge in [-0.3, -0.25) is 0 Å². The quantitative estimate of drug-likeness (QED) is 0.718. The number of rotatable bonds is 7. The van der Waals surface area contributed by atoms with Crippen molar-refractivity contribution in [1.82, 2.24) is 15.2 Å². The molecule has 0 amide bonds. The second-order valence-electron chi connectivity index (χ2n) is 4.46. The SMILES string of the molecule is CCCCNc1cnnc(NCC2CCCO2)n1. The molecule has 2 rings (SSSR count). The molecule has 6 heteroatoms. The summed E-state index contributed by atoms with van der Waals surface area (Å²) in [4.78, 5) is 4.35. The summed E-state index contributed by atoms with van der Waals surface area (Å²) in [5.74, 6) is 1.33. The fraction of sp³-hybridized carbons (Fsp3) is 0.750. The Morgan fingerprint density at radius 2 is 2.39 bits per heavy atom. The Hall–Kier alpha value is -1.43. The summed E-state index contributed by atoms with van der Waals surface area (Å²) < 4.78 is 5.53. The van der Waals surface area contributed by atoms with E-state index in [0.717, 1.165) is 51.2 Å². The molecule has 1 aliphatic heterocycles. The van der Waals surface area contributed by atoms with Crippen LogP contribution >= 0.6 is 0 Å². The fourth-order valence-electron chi connectivity index (χ4n) is 1.87. The lowest BCUT2D eigenvalue weighted by Crippen LogP contribution is -2.20. The Balaban J connectivity index is 1.78. The van der Waals surface area contributed by atoms with Gasteiger partial charge in [0, 0.05) is 19.7 Å². The van der Waals surface area contributed by atoms with E-state index in [1.54, 1.807) is 6.20 Å². The number of nitrogens with one attached hydrogen (secondary N) is 2. The third kappa shape index (κ3) is 4.10. The Kier molecular flexibility index (Phi) is 5.14. The van der Waals surface area contributed by atoms with Crippen molar-refractivity contribution in [2.24, 2.45) is 0 Å². The van der Waals surface area contributed by atoms with Crippen molar-refractivity contribution in [3.05, 3.63) is 6.20 Å². The Bertz CT molecular complexity index is 354. The maximum absolute atomic E-state index is 5.53. The molecule has 1 aliphatic rings. The fourth-order valence-corrected chi connectivity index (χ4v) is 1.87. The molecule has 1 fully saturated rings. The highest BCUT2D eigenvalue weighted by molar-refractivity contribution is 5.36. The smallest absolute Gasteiger partial charge is 0.244 e. The van der Waals surface area contributed by atoms with Gasteiger partial charge in [0.2, 0.25) is 5.95 Å². The first-order valence-electron chi connectivity index (χ1n) is 6.67.